The molecule has 1 fully saturated rings. The van der Waals surface area contributed by atoms with Gasteiger partial charge < -0.3 is 20.1 Å². The van der Waals surface area contributed by atoms with Gasteiger partial charge in [0.05, 0.1) is 6.10 Å². The minimum Gasteiger partial charge on any atom is -0.381 e. The fourth-order valence-corrected chi connectivity index (χ4v) is 3.74. The third-order valence-corrected chi connectivity index (χ3v) is 5.47. The predicted molar refractivity (Wildman–Crippen MR) is 123 cm³/mol. The van der Waals surface area contributed by atoms with Crippen LogP contribution in [0.25, 0.3) is 0 Å². The van der Waals surface area contributed by atoms with Gasteiger partial charge in [0, 0.05) is 45.9 Å². The highest BCUT2D eigenvalue weighted by atomic mass is 16.5. The highest BCUT2D eigenvalue weighted by molar-refractivity contribution is 5.79. The van der Waals surface area contributed by atoms with Crippen molar-refractivity contribution in [2.45, 2.75) is 37.7 Å². The maximum atomic E-state index is 5.94. The van der Waals surface area contributed by atoms with Crippen LogP contribution in [0, 0.1) is 0 Å². The van der Waals surface area contributed by atoms with E-state index in [1.54, 1.807) is 0 Å². The van der Waals surface area contributed by atoms with Gasteiger partial charge >= 0.3 is 0 Å². The number of aliphatic imine (C=N–C) groups is 1. The third-order valence-electron chi connectivity index (χ3n) is 5.47. The van der Waals surface area contributed by atoms with Gasteiger partial charge in [0.2, 0.25) is 0 Å². The van der Waals surface area contributed by atoms with Gasteiger partial charge in [-0.1, -0.05) is 60.7 Å². The molecule has 2 aromatic carbocycles. The van der Waals surface area contributed by atoms with E-state index in [1.165, 1.54) is 11.1 Å². The van der Waals surface area contributed by atoms with Crippen LogP contribution in [-0.4, -0.2) is 52.0 Å². The zero-order chi connectivity index (χ0) is 20.9. The molecule has 1 saturated heterocycles. The first-order chi connectivity index (χ1) is 14.8. The number of hydrogen-bond donors (Lipinski definition) is 2. The Kier molecular flexibility index (Phi) is 9.70. The Balaban J connectivity index is 1.43. The van der Waals surface area contributed by atoms with E-state index in [1.807, 2.05) is 7.05 Å². The second kappa shape index (κ2) is 13.0. The number of benzene rings is 2. The van der Waals surface area contributed by atoms with E-state index in [2.05, 4.69) is 76.3 Å². The topological polar surface area (TPSA) is 54.9 Å². The summed E-state index contributed by atoms with van der Waals surface area (Å²) in [6.45, 7) is 4.10. The Hall–Kier alpha value is -2.37. The van der Waals surface area contributed by atoms with Gasteiger partial charge in [-0.15, -0.1) is 0 Å². The molecule has 0 spiro atoms. The lowest BCUT2D eigenvalue weighted by Crippen LogP contribution is -2.40. The first-order valence-corrected chi connectivity index (χ1v) is 11.1. The van der Waals surface area contributed by atoms with E-state index < -0.39 is 0 Å². The maximum absolute atomic E-state index is 5.94. The Labute approximate surface area is 180 Å². The van der Waals surface area contributed by atoms with Gasteiger partial charge in [-0.25, -0.2) is 0 Å². The zero-order valence-electron chi connectivity index (χ0n) is 18.1. The molecule has 1 heterocycles. The number of nitrogens with one attached hydrogen (secondary N) is 2. The number of guanidine groups is 1. The molecule has 30 heavy (non-hydrogen) atoms. The molecular formula is C25H35N3O2. The largest absolute Gasteiger partial charge is 0.381 e. The fourth-order valence-electron chi connectivity index (χ4n) is 3.74. The second-order valence-electron chi connectivity index (χ2n) is 7.71. The predicted octanol–water partition coefficient (Wildman–Crippen LogP) is 3.76. The molecule has 0 radical (unpaired) electrons. The lowest BCUT2D eigenvalue weighted by molar-refractivity contribution is -0.0320. The van der Waals surface area contributed by atoms with Crippen LogP contribution in [0.15, 0.2) is 65.7 Å². The van der Waals surface area contributed by atoms with Crippen molar-refractivity contribution in [3.8, 4) is 0 Å². The van der Waals surface area contributed by atoms with Crippen molar-refractivity contribution in [3.05, 3.63) is 71.8 Å². The third kappa shape index (κ3) is 7.81. The van der Waals surface area contributed by atoms with Crippen molar-refractivity contribution >= 4 is 5.96 Å². The molecule has 1 atom stereocenters. The summed E-state index contributed by atoms with van der Waals surface area (Å²) in [5.41, 5.74) is 2.69. The quantitative estimate of drug-likeness (QED) is 0.356. The normalized spacial score (nSPS) is 16.2. The van der Waals surface area contributed by atoms with Crippen LogP contribution in [0.2, 0.25) is 0 Å². The smallest absolute Gasteiger partial charge is 0.190 e. The van der Waals surface area contributed by atoms with Gasteiger partial charge in [0.15, 0.2) is 5.96 Å². The molecular weight excluding hydrogens is 374 g/mol. The highest BCUT2D eigenvalue weighted by Gasteiger charge is 2.14. The Morgan fingerprint density at radius 3 is 2.43 bits per heavy atom. The summed E-state index contributed by atoms with van der Waals surface area (Å²) in [6, 6.07) is 21.4. The average Bonchev–Trinajstić information content (AvgIpc) is 2.82. The van der Waals surface area contributed by atoms with Crippen molar-refractivity contribution in [2.24, 2.45) is 4.99 Å². The van der Waals surface area contributed by atoms with Crippen LogP contribution in [-0.2, 0) is 15.9 Å². The minimum absolute atomic E-state index is 0.362. The molecule has 0 amide bonds. The Morgan fingerprint density at radius 1 is 1.03 bits per heavy atom. The number of nitrogens with zero attached hydrogens (tertiary/aromatic N) is 1. The lowest BCUT2D eigenvalue weighted by atomic mass is 9.92. The van der Waals surface area contributed by atoms with Crippen molar-refractivity contribution in [1.29, 1.82) is 0 Å². The van der Waals surface area contributed by atoms with Crippen molar-refractivity contribution < 1.29 is 9.47 Å². The summed E-state index contributed by atoms with van der Waals surface area (Å²) in [6.07, 6.45) is 4.34. The first kappa shape index (κ1) is 22.3. The summed E-state index contributed by atoms with van der Waals surface area (Å²) in [5.74, 6) is 1.22. The van der Waals surface area contributed by atoms with E-state index in [4.69, 9.17) is 9.47 Å². The average molecular weight is 410 g/mol. The summed E-state index contributed by atoms with van der Waals surface area (Å²) in [7, 11) is 1.82. The number of hydrogen-bond acceptors (Lipinski definition) is 3. The van der Waals surface area contributed by atoms with Crippen LogP contribution in [0.4, 0.5) is 0 Å². The molecule has 0 aliphatic carbocycles. The van der Waals surface area contributed by atoms with Crippen LogP contribution in [0.5, 0.6) is 0 Å². The van der Waals surface area contributed by atoms with Crippen LogP contribution in [0.3, 0.4) is 0 Å². The zero-order valence-corrected chi connectivity index (χ0v) is 18.1. The van der Waals surface area contributed by atoms with E-state index in [0.29, 0.717) is 12.0 Å². The van der Waals surface area contributed by atoms with Crippen molar-refractivity contribution in [1.82, 2.24) is 10.6 Å². The molecule has 0 bridgehead atoms. The molecule has 1 aliphatic heterocycles. The van der Waals surface area contributed by atoms with E-state index in [-0.39, 0.29) is 0 Å². The van der Waals surface area contributed by atoms with Crippen molar-refractivity contribution in [3.63, 3.8) is 0 Å². The molecule has 1 unspecified atom stereocenters. The second-order valence-corrected chi connectivity index (χ2v) is 7.71. The minimum atomic E-state index is 0.362. The summed E-state index contributed by atoms with van der Waals surface area (Å²) in [5, 5.41) is 6.92. The summed E-state index contributed by atoms with van der Waals surface area (Å²) in [4.78, 5) is 4.39. The molecule has 0 saturated carbocycles. The van der Waals surface area contributed by atoms with Gasteiger partial charge in [-0.05, 0) is 36.8 Å². The maximum Gasteiger partial charge on any atom is 0.190 e. The van der Waals surface area contributed by atoms with Gasteiger partial charge in [-0.3, -0.25) is 4.99 Å². The van der Waals surface area contributed by atoms with Crippen LogP contribution < -0.4 is 10.6 Å². The van der Waals surface area contributed by atoms with Gasteiger partial charge in [0.1, 0.15) is 0 Å². The van der Waals surface area contributed by atoms with Crippen LogP contribution >= 0.6 is 0 Å². The fraction of sp³-hybridized carbons (Fsp3) is 0.480. The Morgan fingerprint density at radius 2 is 1.73 bits per heavy atom. The molecule has 5 nitrogen and oxygen atoms in total. The van der Waals surface area contributed by atoms with E-state index >= 15 is 0 Å². The summed E-state index contributed by atoms with van der Waals surface area (Å²) < 4.78 is 11.3. The van der Waals surface area contributed by atoms with E-state index in [9.17, 15) is 0 Å². The van der Waals surface area contributed by atoms with Gasteiger partial charge in [-0.2, -0.15) is 0 Å². The molecule has 3 rings (SSSR count). The molecule has 0 aromatic heterocycles. The van der Waals surface area contributed by atoms with E-state index in [0.717, 1.165) is 64.6 Å². The first-order valence-electron chi connectivity index (χ1n) is 11.1. The molecule has 2 N–H and O–H groups in total. The molecule has 5 heteroatoms. The summed E-state index contributed by atoms with van der Waals surface area (Å²) >= 11 is 0. The lowest BCUT2D eigenvalue weighted by Gasteiger charge is -2.22. The Bertz CT molecular complexity index is 731. The van der Waals surface area contributed by atoms with Gasteiger partial charge in [0.25, 0.3) is 0 Å². The standard InChI is InChI=1S/C25H35N3O2/c1-26-25(27-15-8-16-30-24-13-17-29-18-14-24)28-20-23(22-11-6-3-7-12-22)19-21-9-4-2-5-10-21/h2-7,9-12,23-24H,8,13-20H2,1H3,(H2,26,27,28). The SMILES string of the molecule is CN=C(NCCCOC1CCOCC1)NCC(Cc1ccccc1)c1ccccc1. The highest BCUT2D eigenvalue weighted by Crippen LogP contribution is 2.20. The molecule has 1 aliphatic rings. The molecule has 162 valence electrons. The number of ether oxygens (including phenoxy) is 2. The van der Waals surface area contributed by atoms with Crippen molar-refractivity contribution in [2.75, 3.05) is 40.0 Å². The van der Waals surface area contributed by atoms with Crippen LogP contribution in [0.1, 0.15) is 36.3 Å². The monoisotopic (exact) mass is 409 g/mol. The number of rotatable bonds is 10. The molecule has 2 aromatic rings.